The van der Waals surface area contributed by atoms with Crippen LogP contribution in [0.4, 0.5) is 0 Å². The van der Waals surface area contributed by atoms with E-state index in [4.69, 9.17) is 14.0 Å². The van der Waals surface area contributed by atoms with Crippen LogP contribution in [-0.4, -0.2) is 47.8 Å². The van der Waals surface area contributed by atoms with Crippen molar-refractivity contribution < 1.29 is 23.6 Å². The van der Waals surface area contributed by atoms with Crippen LogP contribution in [0.25, 0.3) is 0 Å². The third-order valence-corrected chi connectivity index (χ3v) is 7.90. The van der Waals surface area contributed by atoms with Gasteiger partial charge in [0.2, 0.25) is 0 Å². The molecule has 0 unspecified atom stereocenters. The highest BCUT2D eigenvalue weighted by atomic mass is 79.9. The lowest BCUT2D eigenvalue weighted by Crippen LogP contribution is -2.56. The molecule has 1 fully saturated rings. The number of amides is 2. The fourth-order valence-electron chi connectivity index (χ4n) is 3.98. The lowest BCUT2D eigenvalue weighted by Gasteiger charge is -2.36. The Morgan fingerprint density at radius 1 is 1.05 bits per heavy atom. The average molecular weight is 638 g/mol. The van der Waals surface area contributed by atoms with Gasteiger partial charge in [0.15, 0.2) is 0 Å². The fraction of sp³-hybridized carbons (Fsp3) is 0.481. The molecular weight excluding hydrogens is 603 g/mol. The summed E-state index contributed by atoms with van der Waals surface area (Å²) in [6, 6.07) is 10.6. The highest BCUT2D eigenvalue weighted by Gasteiger charge is 2.52. The monoisotopic (exact) mass is 636 g/mol. The Balaban J connectivity index is 1.95. The third kappa shape index (κ3) is 6.08. The first-order chi connectivity index (χ1) is 17.0. The van der Waals surface area contributed by atoms with Crippen LogP contribution in [0.3, 0.4) is 0 Å². The standard InChI is InChI=1S/C27H35BBr2N2O5/c1-16-18(11-10-12-21(16)35-9)23(33)31-32(25(2,3)4)24(34)17-13-14-20(19(15-17)22(29)30)28-36-26(5,6)27(7,8)37-28/h10-15,22H,1-9H3,(H,31,33). The van der Waals surface area contributed by atoms with Crippen molar-refractivity contribution in [3.63, 3.8) is 0 Å². The molecule has 2 amide bonds. The van der Waals surface area contributed by atoms with Crippen LogP contribution in [0, 0.1) is 6.92 Å². The molecule has 0 aliphatic carbocycles. The number of carbonyl (C=O) groups is 2. The van der Waals surface area contributed by atoms with Gasteiger partial charge in [-0.3, -0.25) is 15.0 Å². The number of hydrogen-bond acceptors (Lipinski definition) is 5. The molecule has 2 aromatic carbocycles. The van der Waals surface area contributed by atoms with E-state index < -0.39 is 29.8 Å². The van der Waals surface area contributed by atoms with E-state index >= 15 is 0 Å². The van der Waals surface area contributed by atoms with Gasteiger partial charge < -0.3 is 14.0 Å². The number of methoxy groups -OCH3 is 1. The summed E-state index contributed by atoms with van der Waals surface area (Å²) in [6.07, 6.45) is 0. The molecule has 3 rings (SSSR count). The van der Waals surface area contributed by atoms with Crippen LogP contribution in [0.15, 0.2) is 36.4 Å². The lowest BCUT2D eigenvalue weighted by atomic mass is 9.75. The van der Waals surface area contributed by atoms with Crippen molar-refractivity contribution in [1.82, 2.24) is 10.4 Å². The number of benzene rings is 2. The average Bonchev–Trinajstić information content (AvgIpc) is 3.02. The molecular formula is C27H35BBr2N2O5. The minimum Gasteiger partial charge on any atom is -0.496 e. The smallest absolute Gasteiger partial charge is 0.495 e. The zero-order chi connectivity index (χ0) is 27.9. The number of halogens is 2. The van der Waals surface area contributed by atoms with Crippen molar-refractivity contribution in [1.29, 1.82) is 0 Å². The molecule has 2 aromatic rings. The predicted molar refractivity (Wildman–Crippen MR) is 154 cm³/mol. The van der Waals surface area contributed by atoms with E-state index in [0.717, 1.165) is 11.0 Å². The maximum Gasteiger partial charge on any atom is 0.495 e. The molecule has 0 aromatic heterocycles. The van der Waals surface area contributed by atoms with Gasteiger partial charge in [-0.05, 0) is 90.7 Å². The van der Waals surface area contributed by atoms with Crippen LogP contribution in [0.2, 0.25) is 0 Å². The summed E-state index contributed by atoms with van der Waals surface area (Å²) in [5.74, 6) is -0.138. The molecule has 7 nitrogen and oxygen atoms in total. The second kappa shape index (κ2) is 10.7. The molecule has 1 saturated heterocycles. The minimum atomic E-state index is -0.702. The Kier molecular flexibility index (Phi) is 8.59. The van der Waals surface area contributed by atoms with Crippen molar-refractivity contribution in [2.45, 2.75) is 75.9 Å². The third-order valence-electron chi connectivity index (χ3n) is 6.91. The first-order valence-electron chi connectivity index (χ1n) is 12.1. The Morgan fingerprint density at radius 2 is 1.65 bits per heavy atom. The molecule has 0 saturated carbocycles. The normalized spacial score (nSPS) is 16.6. The van der Waals surface area contributed by atoms with Gasteiger partial charge in [-0.2, -0.15) is 0 Å². The van der Waals surface area contributed by atoms with Crippen molar-refractivity contribution in [3.05, 3.63) is 58.7 Å². The Labute approximate surface area is 237 Å². The molecule has 1 aliphatic rings. The molecule has 1 N–H and O–H groups in total. The molecule has 0 radical (unpaired) electrons. The van der Waals surface area contributed by atoms with Gasteiger partial charge in [0.05, 0.1) is 27.6 Å². The second-order valence-corrected chi connectivity index (χ2v) is 14.2. The number of rotatable bonds is 5. The number of ether oxygens (including phenoxy) is 1. The number of alkyl halides is 2. The molecule has 10 heteroatoms. The van der Waals surface area contributed by atoms with E-state index in [0.29, 0.717) is 22.4 Å². The number of carbonyl (C=O) groups excluding carboxylic acids is 2. The predicted octanol–water partition coefficient (Wildman–Crippen LogP) is 5.68. The Bertz CT molecular complexity index is 1180. The Hall–Kier alpha value is -1.88. The Morgan fingerprint density at radius 3 is 2.16 bits per heavy atom. The number of nitrogens with one attached hydrogen (secondary N) is 1. The summed E-state index contributed by atoms with van der Waals surface area (Å²) in [4.78, 5) is 27.0. The SMILES string of the molecule is COc1cccc(C(=O)NN(C(=O)c2ccc(B3OC(C)(C)C(C)(C)O3)c(C(Br)Br)c2)C(C)(C)C)c1C. The molecule has 37 heavy (non-hydrogen) atoms. The van der Waals surface area contributed by atoms with Crippen LogP contribution >= 0.6 is 31.9 Å². The van der Waals surface area contributed by atoms with Crippen LogP contribution in [0.1, 0.15) is 84.0 Å². The summed E-state index contributed by atoms with van der Waals surface area (Å²) in [5.41, 5.74) is 4.27. The van der Waals surface area contributed by atoms with Crippen LogP contribution in [0.5, 0.6) is 5.75 Å². The van der Waals surface area contributed by atoms with Gasteiger partial charge >= 0.3 is 7.12 Å². The summed E-state index contributed by atoms with van der Waals surface area (Å²) < 4.78 is 17.6. The first kappa shape index (κ1) is 29.7. The summed E-state index contributed by atoms with van der Waals surface area (Å²) in [6.45, 7) is 15.4. The molecule has 200 valence electrons. The van der Waals surface area contributed by atoms with E-state index in [1.807, 2.05) is 61.5 Å². The molecule has 0 bridgehead atoms. The van der Waals surface area contributed by atoms with Crippen molar-refractivity contribution >= 4 is 56.3 Å². The topological polar surface area (TPSA) is 77.1 Å². The zero-order valence-corrected chi connectivity index (χ0v) is 26.0. The van der Waals surface area contributed by atoms with Crippen molar-refractivity contribution in [3.8, 4) is 5.75 Å². The van der Waals surface area contributed by atoms with Gasteiger partial charge in [-0.1, -0.05) is 44.0 Å². The molecule has 0 atom stereocenters. The van der Waals surface area contributed by atoms with Gasteiger partial charge in [0.25, 0.3) is 11.8 Å². The highest BCUT2D eigenvalue weighted by molar-refractivity contribution is 9.24. The van der Waals surface area contributed by atoms with Gasteiger partial charge in [-0.15, -0.1) is 0 Å². The maximum absolute atomic E-state index is 13.8. The van der Waals surface area contributed by atoms with Crippen molar-refractivity contribution in [2.24, 2.45) is 0 Å². The summed E-state index contributed by atoms with van der Waals surface area (Å²) in [5, 5.41) is 1.36. The largest absolute Gasteiger partial charge is 0.496 e. The lowest BCUT2D eigenvalue weighted by molar-refractivity contribution is 0.00578. The molecule has 1 aliphatic heterocycles. The van der Waals surface area contributed by atoms with Crippen molar-refractivity contribution in [2.75, 3.05) is 7.11 Å². The fourth-order valence-corrected chi connectivity index (χ4v) is 4.77. The van der Waals surface area contributed by atoms with E-state index in [1.165, 1.54) is 5.01 Å². The van der Waals surface area contributed by atoms with E-state index in [-0.39, 0.29) is 9.64 Å². The van der Waals surface area contributed by atoms with Gasteiger partial charge in [-0.25, -0.2) is 5.01 Å². The summed E-state index contributed by atoms with van der Waals surface area (Å²) >= 11 is 7.18. The zero-order valence-electron chi connectivity index (χ0n) is 22.9. The van der Waals surface area contributed by atoms with Crippen LogP contribution in [-0.2, 0) is 9.31 Å². The molecule has 1 heterocycles. The van der Waals surface area contributed by atoms with Gasteiger partial charge in [0.1, 0.15) is 5.75 Å². The van der Waals surface area contributed by atoms with E-state index in [2.05, 4.69) is 37.3 Å². The molecule has 0 spiro atoms. The number of hydrogen-bond donors (Lipinski definition) is 1. The maximum atomic E-state index is 13.8. The quantitative estimate of drug-likeness (QED) is 0.260. The van der Waals surface area contributed by atoms with Crippen LogP contribution < -0.4 is 15.6 Å². The van der Waals surface area contributed by atoms with E-state index in [9.17, 15) is 9.59 Å². The minimum absolute atomic E-state index is 0.251. The summed E-state index contributed by atoms with van der Waals surface area (Å²) in [7, 11) is 0.970. The van der Waals surface area contributed by atoms with E-state index in [1.54, 1.807) is 37.4 Å². The number of nitrogens with zero attached hydrogens (tertiary/aromatic N) is 1. The first-order valence-corrected chi connectivity index (χ1v) is 13.9. The highest BCUT2D eigenvalue weighted by Crippen LogP contribution is 2.38. The van der Waals surface area contributed by atoms with Gasteiger partial charge in [0, 0.05) is 16.7 Å². The second-order valence-electron chi connectivity index (χ2n) is 11.1. The number of hydrazine groups is 1.